The molecule has 0 saturated carbocycles. The summed E-state index contributed by atoms with van der Waals surface area (Å²) in [5.74, 6) is -5.65. The first-order valence-corrected chi connectivity index (χ1v) is 19.2. The molecule has 0 aromatic heterocycles. The van der Waals surface area contributed by atoms with E-state index in [1.807, 2.05) is 0 Å². The number of carbonyl (C=O) groups excluding carboxylic acids is 7. The average molecular weight is 805 g/mol. The monoisotopic (exact) mass is 804 g/mol. The molecule has 18 nitrogen and oxygen atoms in total. The maximum absolute atomic E-state index is 12.6. The van der Waals surface area contributed by atoms with Gasteiger partial charge in [-0.15, -0.1) is 0 Å². The molecule has 0 unspecified atom stereocenters. The number of hydrogen-bond donors (Lipinski definition) is 0. The molecule has 2 saturated heterocycles. The van der Waals surface area contributed by atoms with Crippen LogP contribution in [0.1, 0.15) is 120 Å². The Bertz CT molecular complexity index is 1290. The second-order valence-electron chi connectivity index (χ2n) is 13.7. The lowest BCUT2D eigenvalue weighted by atomic mass is 9.96. The van der Waals surface area contributed by atoms with Gasteiger partial charge in [0.2, 0.25) is 0 Å². The van der Waals surface area contributed by atoms with E-state index in [9.17, 15) is 33.6 Å². The van der Waals surface area contributed by atoms with Crippen LogP contribution in [-0.2, 0) is 85.7 Å². The fourth-order valence-corrected chi connectivity index (χ4v) is 6.40. The molecule has 56 heavy (non-hydrogen) atoms. The van der Waals surface area contributed by atoms with Gasteiger partial charge in [0.25, 0.3) is 0 Å². The van der Waals surface area contributed by atoms with E-state index >= 15 is 0 Å². The zero-order valence-corrected chi connectivity index (χ0v) is 33.8. The van der Waals surface area contributed by atoms with Crippen molar-refractivity contribution in [1.82, 2.24) is 0 Å². The van der Waals surface area contributed by atoms with E-state index in [2.05, 4.69) is 6.92 Å². The first kappa shape index (κ1) is 48.3. The first-order valence-electron chi connectivity index (χ1n) is 19.2. The quantitative estimate of drug-likeness (QED) is 0.0819. The topological polar surface area (TPSA) is 221 Å². The van der Waals surface area contributed by atoms with Crippen LogP contribution in [0.3, 0.4) is 0 Å². The Kier molecular flexibility index (Phi) is 21.9. The SMILES string of the molecule is CCCCCCCCCCCCO[C@H]1O[C@H](COC(C)=O)[C@@H](O[C@H]2O[C@H](COC(C)=O)[C@@H](OC(C)=O)[C@H](OC(C)=O)[C@H]2OC(C)=O)[C@H](OC(C)=O)[C@H]1OC(C)=O. The lowest BCUT2D eigenvalue weighted by Crippen LogP contribution is -2.67. The standard InChI is InChI=1S/C38H60O18/c1-9-10-11-12-13-14-15-16-17-18-19-46-37-35(52-27(7)44)34(51-26(6)43)32(30(54-37)21-48-23(3)40)56-38-36(53-28(8)45)33(50-25(5)42)31(49-24(4)41)29(55-38)20-47-22(2)39/h29-38H,9-21H2,1-8H3/t29-,30-,31-,32-,33+,34+,35-,36-,37+,38-/m1/s1. The number of hydrogen-bond acceptors (Lipinski definition) is 18. The summed E-state index contributed by atoms with van der Waals surface area (Å²) in [6.07, 6.45) is -4.18. The molecular weight excluding hydrogens is 744 g/mol. The summed E-state index contributed by atoms with van der Waals surface area (Å²) in [5, 5.41) is 0. The normalized spacial score (nSPS) is 27.3. The van der Waals surface area contributed by atoms with Crippen LogP contribution in [0.2, 0.25) is 0 Å². The predicted octanol–water partition coefficient (Wildman–Crippen LogP) is 3.54. The van der Waals surface area contributed by atoms with Crippen molar-refractivity contribution in [3.05, 3.63) is 0 Å². The van der Waals surface area contributed by atoms with Crippen LogP contribution in [0.5, 0.6) is 0 Å². The van der Waals surface area contributed by atoms with Crippen molar-refractivity contribution in [2.24, 2.45) is 0 Å². The van der Waals surface area contributed by atoms with E-state index in [4.69, 9.17) is 52.1 Å². The summed E-state index contributed by atoms with van der Waals surface area (Å²) in [5.41, 5.74) is 0. The summed E-state index contributed by atoms with van der Waals surface area (Å²) in [6, 6.07) is 0. The fraction of sp³-hybridized carbons (Fsp3) is 0.816. The number of unbranched alkanes of at least 4 members (excludes halogenated alkanes) is 9. The highest BCUT2D eigenvalue weighted by molar-refractivity contribution is 5.69. The molecule has 2 aliphatic rings. The van der Waals surface area contributed by atoms with Crippen LogP contribution in [0.25, 0.3) is 0 Å². The van der Waals surface area contributed by atoms with Gasteiger partial charge in [-0.1, -0.05) is 64.7 Å². The van der Waals surface area contributed by atoms with Gasteiger partial charge in [0.15, 0.2) is 43.1 Å². The number of rotatable bonds is 23. The zero-order chi connectivity index (χ0) is 41.8. The van der Waals surface area contributed by atoms with Crippen LogP contribution >= 0.6 is 0 Å². The van der Waals surface area contributed by atoms with E-state index in [0.717, 1.165) is 74.1 Å². The molecule has 2 rings (SSSR count). The van der Waals surface area contributed by atoms with Crippen molar-refractivity contribution in [2.45, 2.75) is 181 Å². The molecule has 0 radical (unpaired) electrons. The van der Waals surface area contributed by atoms with E-state index < -0.39 is 116 Å². The zero-order valence-electron chi connectivity index (χ0n) is 33.8. The van der Waals surface area contributed by atoms with Gasteiger partial charge in [-0.3, -0.25) is 33.6 Å². The van der Waals surface area contributed by atoms with Gasteiger partial charge in [-0.2, -0.15) is 0 Å². The van der Waals surface area contributed by atoms with E-state index in [1.165, 1.54) is 32.1 Å². The smallest absolute Gasteiger partial charge is 0.303 e. The second-order valence-corrected chi connectivity index (χ2v) is 13.7. The number of ether oxygens (including phenoxy) is 11. The van der Waals surface area contributed by atoms with Crippen LogP contribution in [0.4, 0.5) is 0 Å². The van der Waals surface area contributed by atoms with E-state index in [1.54, 1.807) is 0 Å². The molecule has 0 aromatic rings. The van der Waals surface area contributed by atoms with Gasteiger partial charge in [-0.05, 0) is 6.42 Å². The van der Waals surface area contributed by atoms with Crippen molar-refractivity contribution in [3.63, 3.8) is 0 Å². The summed E-state index contributed by atoms with van der Waals surface area (Å²) >= 11 is 0. The summed E-state index contributed by atoms with van der Waals surface area (Å²) in [6.45, 7) is 9.01. The Hall–Kier alpha value is -3.87. The molecule has 0 aromatic carbocycles. The fourth-order valence-electron chi connectivity index (χ4n) is 6.40. The number of carbonyl (C=O) groups is 7. The molecule has 2 fully saturated rings. The van der Waals surface area contributed by atoms with Gasteiger partial charge in [0, 0.05) is 55.1 Å². The van der Waals surface area contributed by atoms with E-state index in [0.29, 0.717) is 6.42 Å². The molecular formula is C38H60O18. The molecule has 0 spiro atoms. The molecule has 0 bridgehead atoms. The highest BCUT2D eigenvalue weighted by Crippen LogP contribution is 2.35. The van der Waals surface area contributed by atoms with Crippen molar-refractivity contribution in [2.75, 3.05) is 19.8 Å². The highest BCUT2D eigenvalue weighted by Gasteiger charge is 2.57. The van der Waals surface area contributed by atoms with Gasteiger partial charge in [0.05, 0.1) is 0 Å². The molecule has 0 aliphatic carbocycles. The average Bonchev–Trinajstić information content (AvgIpc) is 3.09. The minimum atomic E-state index is -1.76. The summed E-state index contributed by atoms with van der Waals surface area (Å²) in [4.78, 5) is 85.9. The third-order valence-electron chi connectivity index (χ3n) is 8.67. The minimum Gasteiger partial charge on any atom is -0.463 e. The maximum Gasteiger partial charge on any atom is 0.303 e. The molecule has 2 aliphatic heterocycles. The molecule has 0 N–H and O–H groups in total. The Morgan fingerprint density at radius 2 is 0.768 bits per heavy atom. The highest BCUT2D eigenvalue weighted by atomic mass is 16.8. The van der Waals surface area contributed by atoms with Gasteiger partial charge >= 0.3 is 41.8 Å². The van der Waals surface area contributed by atoms with Crippen molar-refractivity contribution >= 4 is 41.8 Å². The minimum absolute atomic E-state index is 0.178. The molecule has 18 heteroatoms. The lowest BCUT2D eigenvalue weighted by molar-refractivity contribution is -0.361. The molecule has 10 atom stereocenters. The van der Waals surface area contributed by atoms with Crippen molar-refractivity contribution < 1.29 is 85.7 Å². The van der Waals surface area contributed by atoms with Crippen LogP contribution < -0.4 is 0 Å². The first-order chi connectivity index (χ1) is 26.5. The van der Waals surface area contributed by atoms with Gasteiger partial charge in [-0.25, -0.2) is 0 Å². The Labute approximate surface area is 328 Å². The Balaban J connectivity index is 2.48. The van der Waals surface area contributed by atoms with Crippen molar-refractivity contribution in [3.8, 4) is 0 Å². The van der Waals surface area contributed by atoms with Crippen molar-refractivity contribution in [1.29, 1.82) is 0 Å². The van der Waals surface area contributed by atoms with Gasteiger partial charge in [0.1, 0.15) is 31.5 Å². The molecule has 0 amide bonds. The Morgan fingerprint density at radius 1 is 0.411 bits per heavy atom. The molecule has 320 valence electrons. The Morgan fingerprint density at radius 3 is 1.21 bits per heavy atom. The molecule has 2 heterocycles. The third kappa shape index (κ3) is 17.5. The van der Waals surface area contributed by atoms with Crippen LogP contribution in [0, 0.1) is 0 Å². The third-order valence-corrected chi connectivity index (χ3v) is 8.67. The second kappa shape index (κ2) is 25.4. The van der Waals surface area contributed by atoms with Gasteiger partial charge < -0.3 is 52.1 Å². The lowest BCUT2D eigenvalue weighted by Gasteiger charge is -2.48. The number of esters is 7. The van der Waals surface area contributed by atoms with Crippen LogP contribution in [-0.4, -0.2) is 123 Å². The maximum atomic E-state index is 12.6. The summed E-state index contributed by atoms with van der Waals surface area (Å²) < 4.78 is 62.9. The van der Waals surface area contributed by atoms with Crippen LogP contribution in [0.15, 0.2) is 0 Å². The summed E-state index contributed by atoms with van der Waals surface area (Å²) in [7, 11) is 0. The predicted molar refractivity (Wildman–Crippen MR) is 191 cm³/mol. The van der Waals surface area contributed by atoms with E-state index in [-0.39, 0.29) is 6.61 Å². The largest absolute Gasteiger partial charge is 0.463 e.